The minimum Gasteiger partial charge on any atom is -0.493 e. The predicted molar refractivity (Wildman–Crippen MR) is 104 cm³/mol. The number of nitrogens with one attached hydrogen (secondary N) is 1. The highest BCUT2D eigenvalue weighted by Gasteiger charge is 2.26. The Labute approximate surface area is 159 Å². The van der Waals surface area contributed by atoms with Gasteiger partial charge in [-0.3, -0.25) is 0 Å². The Bertz CT molecular complexity index is 774. The third-order valence-corrected chi connectivity index (χ3v) is 4.73. The van der Waals surface area contributed by atoms with E-state index in [0.717, 1.165) is 30.6 Å². The molecule has 2 aromatic rings. The molecule has 0 saturated carbocycles. The van der Waals surface area contributed by atoms with Gasteiger partial charge in [-0.05, 0) is 19.8 Å². The number of nitrogens with zero attached hydrogens (tertiary/aromatic N) is 3. The van der Waals surface area contributed by atoms with Crippen molar-refractivity contribution >= 4 is 17.5 Å². The molecule has 1 atom stereocenters. The smallest absolute Gasteiger partial charge is 0.227 e. The van der Waals surface area contributed by atoms with Crippen LogP contribution in [0.3, 0.4) is 0 Å². The quantitative estimate of drug-likeness (QED) is 0.764. The van der Waals surface area contributed by atoms with Crippen molar-refractivity contribution in [1.82, 2.24) is 9.97 Å². The first-order chi connectivity index (χ1) is 13.1. The second-order valence-corrected chi connectivity index (χ2v) is 6.41. The molecule has 1 aromatic carbocycles. The molecule has 1 fully saturated rings. The fourth-order valence-corrected chi connectivity index (χ4v) is 3.28. The third kappa shape index (κ3) is 3.85. The van der Waals surface area contributed by atoms with E-state index in [1.54, 1.807) is 27.5 Å². The Balaban J connectivity index is 1.92. The molecule has 2 heterocycles. The van der Waals surface area contributed by atoms with Crippen LogP contribution >= 0.6 is 0 Å². The standard InChI is InChI=1S/C19H26N4O4/c1-12-10-20-19(23-7-5-6-14(23)11-24)22-18(12)21-13-8-15(25-2)17(27-4)16(9-13)26-3/h8-10,14,24H,5-7,11H2,1-4H3,(H,20,21,22). The van der Waals surface area contributed by atoms with E-state index in [2.05, 4.69) is 20.2 Å². The Kier molecular flexibility index (Phi) is 5.85. The highest BCUT2D eigenvalue weighted by Crippen LogP contribution is 2.40. The second-order valence-electron chi connectivity index (χ2n) is 6.41. The molecule has 146 valence electrons. The predicted octanol–water partition coefficient (Wildman–Crippen LogP) is 2.52. The van der Waals surface area contributed by atoms with E-state index >= 15 is 0 Å². The zero-order chi connectivity index (χ0) is 19.4. The number of benzene rings is 1. The van der Waals surface area contributed by atoms with Crippen LogP contribution in [0.1, 0.15) is 18.4 Å². The van der Waals surface area contributed by atoms with Gasteiger partial charge in [0.15, 0.2) is 11.5 Å². The van der Waals surface area contributed by atoms with Crippen LogP contribution < -0.4 is 24.4 Å². The van der Waals surface area contributed by atoms with Crippen molar-refractivity contribution in [1.29, 1.82) is 0 Å². The summed E-state index contributed by atoms with van der Waals surface area (Å²) in [6.45, 7) is 2.89. The number of hydrogen-bond donors (Lipinski definition) is 2. The summed E-state index contributed by atoms with van der Waals surface area (Å²) >= 11 is 0. The Morgan fingerprint density at radius 2 is 1.89 bits per heavy atom. The van der Waals surface area contributed by atoms with Crippen LogP contribution in [0.5, 0.6) is 17.2 Å². The third-order valence-electron chi connectivity index (χ3n) is 4.73. The first-order valence-electron chi connectivity index (χ1n) is 8.89. The molecule has 8 heteroatoms. The number of rotatable bonds is 7. The van der Waals surface area contributed by atoms with Crippen molar-refractivity contribution in [3.05, 3.63) is 23.9 Å². The summed E-state index contributed by atoms with van der Waals surface area (Å²) in [5.41, 5.74) is 1.67. The van der Waals surface area contributed by atoms with Crippen molar-refractivity contribution < 1.29 is 19.3 Å². The molecule has 1 saturated heterocycles. The Hall–Kier alpha value is -2.74. The van der Waals surface area contributed by atoms with Gasteiger partial charge in [-0.25, -0.2) is 4.98 Å². The lowest BCUT2D eigenvalue weighted by Crippen LogP contribution is -2.33. The van der Waals surface area contributed by atoms with Crippen molar-refractivity contribution in [3.8, 4) is 17.2 Å². The molecule has 1 unspecified atom stereocenters. The van der Waals surface area contributed by atoms with E-state index in [-0.39, 0.29) is 12.6 Å². The zero-order valence-corrected chi connectivity index (χ0v) is 16.2. The molecule has 1 aliphatic rings. The molecule has 0 spiro atoms. The molecular formula is C19H26N4O4. The fraction of sp³-hybridized carbons (Fsp3) is 0.474. The van der Waals surface area contributed by atoms with Gasteiger partial charge in [0.2, 0.25) is 11.7 Å². The summed E-state index contributed by atoms with van der Waals surface area (Å²) in [6.07, 6.45) is 3.76. The Morgan fingerprint density at radius 3 is 2.48 bits per heavy atom. The minimum atomic E-state index is 0.0710. The Morgan fingerprint density at radius 1 is 1.19 bits per heavy atom. The van der Waals surface area contributed by atoms with Crippen LogP contribution in [0.15, 0.2) is 18.3 Å². The summed E-state index contributed by atoms with van der Waals surface area (Å²) in [4.78, 5) is 11.2. The monoisotopic (exact) mass is 374 g/mol. The van der Waals surface area contributed by atoms with E-state index in [9.17, 15) is 5.11 Å². The summed E-state index contributed by atoms with van der Waals surface area (Å²) < 4.78 is 16.2. The summed E-state index contributed by atoms with van der Waals surface area (Å²) in [7, 11) is 4.73. The van der Waals surface area contributed by atoms with Crippen molar-refractivity contribution in [3.63, 3.8) is 0 Å². The van der Waals surface area contributed by atoms with Crippen LogP contribution in [0, 0.1) is 6.92 Å². The zero-order valence-electron chi connectivity index (χ0n) is 16.2. The largest absolute Gasteiger partial charge is 0.493 e. The number of methoxy groups -OCH3 is 3. The second kappa shape index (κ2) is 8.30. The molecule has 1 aromatic heterocycles. The number of anilines is 3. The maximum atomic E-state index is 9.57. The van der Waals surface area contributed by atoms with E-state index in [0.29, 0.717) is 29.0 Å². The van der Waals surface area contributed by atoms with Crippen LogP contribution in [-0.4, -0.2) is 55.6 Å². The fourth-order valence-electron chi connectivity index (χ4n) is 3.28. The lowest BCUT2D eigenvalue weighted by Gasteiger charge is -2.23. The van der Waals surface area contributed by atoms with E-state index in [1.807, 2.05) is 19.1 Å². The SMILES string of the molecule is COc1cc(Nc2nc(N3CCCC3CO)ncc2C)cc(OC)c1OC. The number of aliphatic hydroxyl groups is 1. The van der Waals surface area contributed by atoms with Crippen LogP contribution in [-0.2, 0) is 0 Å². The number of ether oxygens (including phenoxy) is 3. The van der Waals surface area contributed by atoms with E-state index < -0.39 is 0 Å². The molecular weight excluding hydrogens is 348 g/mol. The molecule has 0 amide bonds. The van der Waals surface area contributed by atoms with Gasteiger partial charge in [0.05, 0.1) is 34.0 Å². The summed E-state index contributed by atoms with van der Waals surface area (Å²) in [5.74, 6) is 2.97. The van der Waals surface area contributed by atoms with Gasteiger partial charge in [-0.15, -0.1) is 0 Å². The highest BCUT2D eigenvalue weighted by atomic mass is 16.5. The number of aromatic nitrogens is 2. The van der Waals surface area contributed by atoms with Gasteiger partial charge in [0.25, 0.3) is 0 Å². The summed E-state index contributed by atoms with van der Waals surface area (Å²) in [5, 5.41) is 12.9. The number of hydrogen-bond acceptors (Lipinski definition) is 8. The van der Waals surface area contributed by atoms with Gasteiger partial charge in [-0.1, -0.05) is 0 Å². The van der Waals surface area contributed by atoms with Gasteiger partial charge >= 0.3 is 0 Å². The molecule has 0 radical (unpaired) electrons. The normalized spacial score (nSPS) is 16.3. The average molecular weight is 374 g/mol. The molecule has 3 rings (SSSR count). The van der Waals surface area contributed by atoms with E-state index in [4.69, 9.17) is 14.2 Å². The van der Waals surface area contributed by atoms with Gasteiger partial charge in [0, 0.05) is 36.1 Å². The number of aryl methyl sites for hydroxylation is 1. The summed E-state index contributed by atoms with van der Waals surface area (Å²) in [6, 6.07) is 3.73. The van der Waals surface area contributed by atoms with Gasteiger partial charge in [0.1, 0.15) is 5.82 Å². The van der Waals surface area contributed by atoms with Crippen molar-refractivity contribution in [2.24, 2.45) is 0 Å². The molecule has 1 aliphatic heterocycles. The minimum absolute atomic E-state index is 0.0710. The van der Waals surface area contributed by atoms with Gasteiger partial charge in [-0.2, -0.15) is 4.98 Å². The van der Waals surface area contributed by atoms with Crippen molar-refractivity contribution in [2.75, 3.05) is 44.7 Å². The maximum absolute atomic E-state index is 9.57. The highest BCUT2D eigenvalue weighted by molar-refractivity contribution is 5.68. The molecule has 2 N–H and O–H groups in total. The van der Waals surface area contributed by atoms with Crippen LogP contribution in [0.2, 0.25) is 0 Å². The first kappa shape index (κ1) is 19.0. The van der Waals surface area contributed by atoms with E-state index in [1.165, 1.54) is 0 Å². The lowest BCUT2D eigenvalue weighted by atomic mass is 10.2. The molecule has 8 nitrogen and oxygen atoms in total. The van der Waals surface area contributed by atoms with Crippen LogP contribution in [0.4, 0.5) is 17.5 Å². The first-order valence-corrected chi connectivity index (χ1v) is 8.89. The lowest BCUT2D eigenvalue weighted by molar-refractivity contribution is 0.265. The molecule has 0 bridgehead atoms. The van der Waals surface area contributed by atoms with Gasteiger partial charge < -0.3 is 29.5 Å². The van der Waals surface area contributed by atoms with Crippen molar-refractivity contribution in [2.45, 2.75) is 25.8 Å². The maximum Gasteiger partial charge on any atom is 0.227 e. The molecule has 0 aliphatic carbocycles. The number of aliphatic hydroxyl groups excluding tert-OH is 1. The molecule has 27 heavy (non-hydrogen) atoms. The topological polar surface area (TPSA) is 89.0 Å². The average Bonchev–Trinajstić information content (AvgIpc) is 3.17. The van der Waals surface area contributed by atoms with Crippen LogP contribution in [0.25, 0.3) is 0 Å².